The van der Waals surface area contributed by atoms with E-state index in [-0.39, 0.29) is 0 Å². The lowest BCUT2D eigenvalue weighted by Crippen LogP contribution is -2.10. The van der Waals surface area contributed by atoms with Gasteiger partial charge in [0.05, 0.1) is 5.69 Å². The van der Waals surface area contributed by atoms with Gasteiger partial charge in [0, 0.05) is 27.5 Å². The fourth-order valence-electron chi connectivity index (χ4n) is 7.58. The Morgan fingerprint density at radius 2 is 0.979 bits per heavy atom. The Kier molecular flexibility index (Phi) is 5.91. The molecule has 0 aliphatic heterocycles. The number of hydrogen-bond donors (Lipinski definition) is 0. The highest BCUT2D eigenvalue weighted by molar-refractivity contribution is 6.22. The molecule has 10 rings (SSSR count). The second-order valence-corrected chi connectivity index (χ2v) is 12.5. The smallest absolute Gasteiger partial charge is 0.136 e. The number of nitrogens with zero attached hydrogens (tertiary/aromatic N) is 1. The zero-order valence-electron chi connectivity index (χ0n) is 26.1. The molecule has 2 heteroatoms. The highest BCUT2D eigenvalue weighted by atomic mass is 16.3. The molecular weight excluding hydrogens is 583 g/mol. The molecule has 9 aromatic carbocycles. The SMILES string of the molecule is c1ccc(N(c2ccc(-c3ccc4c(ccc5ccc6ccccc6c54)c3)cc2)c2cccc3c2ccc2oc4ccccc4c23)cc1. The predicted molar refractivity (Wildman–Crippen MR) is 204 cm³/mol. The quantitative estimate of drug-likeness (QED) is 0.184. The van der Waals surface area contributed by atoms with Crippen molar-refractivity contribution in [1.82, 2.24) is 0 Å². The van der Waals surface area contributed by atoms with Gasteiger partial charge in [-0.25, -0.2) is 0 Å². The zero-order chi connectivity index (χ0) is 31.6. The van der Waals surface area contributed by atoms with Crippen molar-refractivity contribution in [3.05, 3.63) is 176 Å². The van der Waals surface area contributed by atoms with E-state index in [9.17, 15) is 0 Å². The van der Waals surface area contributed by atoms with E-state index in [2.05, 4.69) is 169 Å². The molecular formula is C46H29NO. The van der Waals surface area contributed by atoms with Crippen molar-refractivity contribution in [3.63, 3.8) is 0 Å². The molecule has 0 saturated heterocycles. The van der Waals surface area contributed by atoms with Crippen LogP contribution < -0.4 is 4.90 Å². The molecule has 0 saturated carbocycles. The van der Waals surface area contributed by atoms with Crippen LogP contribution in [0.15, 0.2) is 180 Å². The van der Waals surface area contributed by atoms with Crippen LogP contribution in [0, 0.1) is 0 Å². The fraction of sp³-hybridized carbons (Fsp3) is 0. The Morgan fingerprint density at radius 3 is 1.85 bits per heavy atom. The Morgan fingerprint density at radius 1 is 0.333 bits per heavy atom. The van der Waals surface area contributed by atoms with Crippen LogP contribution in [-0.4, -0.2) is 0 Å². The molecule has 224 valence electrons. The van der Waals surface area contributed by atoms with Gasteiger partial charge in [-0.2, -0.15) is 0 Å². The summed E-state index contributed by atoms with van der Waals surface area (Å²) in [6.45, 7) is 0. The first kappa shape index (κ1) is 26.8. The Balaban J connectivity index is 1.10. The van der Waals surface area contributed by atoms with E-state index < -0.39 is 0 Å². The maximum Gasteiger partial charge on any atom is 0.136 e. The van der Waals surface area contributed by atoms with E-state index in [4.69, 9.17) is 4.42 Å². The summed E-state index contributed by atoms with van der Waals surface area (Å²) in [5.74, 6) is 0. The molecule has 0 aliphatic rings. The van der Waals surface area contributed by atoms with Gasteiger partial charge in [0.1, 0.15) is 11.2 Å². The van der Waals surface area contributed by atoms with E-state index in [0.29, 0.717) is 0 Å². The molecule has 48 heavy (non-hydrogen) atoms. The Labute approximate surface area is 277 Å². The minimum Gasteiger partial charge on any atom is -0.456 e. The van der Waals surface area contributed by atoms with Crippen LogP contribution in [-0.2, 0) is 0 Å². The molecule has 0 bridgehead atoms. The Hall–Kier alpha value is -6.38. The monoisotopic (exact) mass is 611 g/mol. The minimum absolute atomic E-state index is 0.910. The number of furan rings is 1. The summed E-state index contributed by atoms with van der Waals surface area (Å²) in [4.78, 5) is 2.36. The summed E-state index contributed by atoms with van der Waals surface area (Å²) in [5.41, 5.74) is 7.57. The lowest BCUT2D eigenvalue weighted by atomic mass is 9.94. The standard InChI is InChI=1S/C46H29NO/c1-2-10-35(11-3-1)47(42-15-8-14-40-39(42)27-28-44-46(40)41-13-6-7-16-43(41)48-44)36-24-21-30(22-25-36)33-23-26-38-34(29-33)20-19-32-18-17-31-9-4-5-12-37(31)45(32)38/h1-29H. The first-order chi connectivity index (χ1) is 23.8. The second-order valence-electron chi connectivity index (χ2n) is 12.5. The van der Waals surface area contributed by atoms with Crippen LogP contribution in [0.4, 0.5) is 17.1 Å². The molecule has 0 aliphatic carbocycles. The zero-order valence-corrected chi connectivity index (χ0v) is 26.1. The van der Waals surface area contributed by atoms with Crippen molar-refractivity contribution in [2.45, 2.75) is 0 Å². The summed E-state index contributed by atoms with van der Waals surface area (Å²) in [7, 11) is 0. The molecule has 0 fully saturated rings. The van der Waals surface area contributed by atoms with Gasteiger partial charge < -0.3 is 9.32 Å². The summed E-state index contributed by atoms with van der Waals surface area (Å²) in [6, 6.07) is 63.3. The fourth-order valence-corrected chi connectivity index (χ4v) is 7.58. The van der Waals surface area contributed by atoms with Crippen molar-refractivity contribution in [2.24, 2.45) is 0 Å². The highest BCUT2D eigenvalue weighted by Gasteiger charge is 2.18. The van der Waals surface area contributed by atoms with E-state index >= 15 is 0 Å². The van der Waals surface area contributed by atoms with Gasteiger partial charge in [0.25, 0.3) is 0 Å². The molecule has 0 atom stereocenters. The first-order valence-electron chi connectivity index (χ1n) is 16.4. The Bertz CT molecular complexity index is 2830. The maximum absolute atomic E-state index is 6.24. The van der Waals surface area contributed by atoms with Crippen LogP contribution in [0.3, 0.4) is 0 Å². The molecule has 0 spiro atoms. The molecule has 0 amide bonds. The van der Waals surface area contributed by atoms with Gasteiger partial charge in [-0.3, -0.25) is 0 Å². The van der Waals surface area contributed by atoms with E-state index in [1.54, 1.807) is 0 Å². The second kappa shape index (κ2) is 10.6. The maximum atomic E-state index is 6.24. The van der Waals surface area contributed by atoms with Gasteiger partial charge in [-0.05, 0) is 103 Å². The average molecular weight is 612 g/mol. The van der Waals surface area contributed by atoms with Crippen LogP contribution in [0.1, 0.15) is 0 Å². The molecule has 0 N–H and O–H groups in total. The van der Waals surface area contributed by atoms with E-state index in [1.807, 2.05) is 12.1 Å². The van der Waals surface area contributed by atoms with Gasteiger partial charge >= 0.3 is 0 Å². The number of rotatable bonds is 4. The lowest BCUT2D eigenvalue weighted by Gasteiger charge is -2.27. The molecule has 1 aromatic heterocycles. The molecule has 1 heterocycles. The summed E-state index contributed by atoms with van der Waals surface area (Å²) < 4.78 is 6.24. The van der Waals surface area contributed by atoms with Gasteiger partial charge in [0.2, 0.25) is 0 Å². The largest absolute Gasteiger partial charge is 0.456 e. The lowest BCUT2D eigenvalue weighted by molar-refractivity contribution is 0.669. The number of fused-ring (bicyclic) bond motifs is 10. The summed E-state index contributed by atoms with van der Waals surface area (Å²) in [5, 5.41) is 12.4. The third-order valence-corrected chi connectivity index (χ3v) is 9.82. The van der Waals surface area contributed by atoms with Crippen LogP contribution in [0.2, 0.25) is 0 Å². The third kappa shape index (κ3) is 4.13. The summed E-state index contributed by atoms with van der Waals surface area (Å²) >= 11 is 0. The number of hydrogen-bond acceptors (Lipinski definition) is 2. The number of para-hydroxylation sites is 2. The number of anilines is 3. The highest BCUT2D eigenvalue weighted by Crippen LogP contribution is 2.43. The van der Waals surface area contributed by atoms with Crippen molar-refractivity contribution < 1.29 is 4.42 Å². The van der Waals surface area contributed by atoms with Crippen LogP contribution >= 0.6 is 0 Å². The summed E-state index contributed by atoms with van der Waals surface area (Å²) in [6.07, 6.45) is 0. The minimum atomic E-state index is 0.910. The van der Waals surface area contributed by atoms with Crippen LogP contribution in [0.5, 0.6) is 0 Å². The normalized spacial score (nSPS) is 11.8. The van der Waals surface area contributed by atoms with E-state index in [1.165, 1.54) is 54.2 Å². The van der Waals surface area contributed by atoms with E-state index in [0.717, 1.165) is 39.0 Å². The number of benzene rings is 9. The van der Waals surface area contributed by atoms with Crippen molar-refractivity contribution in [3.8, 4) is 11.1 Å². The van der Waals surface area contributed by atoms with Gasteiger partial charge in [0.15, 0.2) is 0 Å². The third-order valence-electron chi connectivity index (χ3n) is 9.82. The first-order valence-corrected chi connectivity index (χ1v) is 16.4. The van der Waals surface area contributed by atoms with Crippen LogP contribution in [0.25, 0.3) is 76.2 Å². The van der Waals surface area contributed by atoms with Gasteiger partial charge in [-0.15, -0.1) is 0 Å². The van der Waals surface area contributed by atoms with Crippen molar-refractivity contribution in [1.29, 1.82) is 0 Å². The van der Waals surface area contributed by atoms with Gasteiger partial charge in [-0.1, -0.05) is 121 Å². The molecule has 0 unspecified atom stereocenters. The molecule has 0 radical (unpaired) electrons. The van der Waals surface area contributed by atoms with Crippen molar-refractivity contribution in [2.75, 3.05) is 4.90 Å². The predicted octanol–water partition coefficient (Wildman–Crippen LogP) is 13.3. The topological polar surface area (TPSA) is 16.4 Å². The molecule has 10 aromatic rings. The average Bonchev–Trinajstić information content (AvgIpc) is 3.55. The molecule has 2 nitrogen and oxygen atoms in total. The van der Waals surface area contributed by atoms with Crippen molar-refractivity contribution >= 4 is 82.1 Å².